The molecule has 4 rings (SSSR count). The molecule has 2 N–H and O–H groups in total. The van der Waals surface area contributed by atoms with Crippen molar-refractivity contribution in [3.05, 3.63) is 65.3 Å². The van der Waals surface area contributed by atoms with Crippen LogP contribution in [0.3, 0.4) is 0 Å². The average Bonchev–Trinajstić information content (AvgIpc) is 3.35. The Morgan fingerprint density at radius 2 is 2.17 bits per heavy atom. The summed E-state index contributed by atoms with van der Waals surface area (Å²) in [4.78, 5) is 16.4. The maximum absolute atomic E-state index is 12.2. The van der Waals surface area contributed by atoms with Crippen LogP contribution in [0.25, 0.3) is 21.5 Å². The van der Waals surface area contributed by atoms with E-state index in [2.05, 4.69) is 21.5 Å². The Labute approximate surface area is 142 Å². The number of aromatic amines is 1. The van der Waals surface area contributed by atoms with Crippen LogP contribution in [0.4, 0.5) is 0 Å². The van der Waals surface area contributed by atoms with Gasteiger partial charge in [-0.15, -0.1) is 11.3 Å². The molecule has 0 atom stereocenters. The van der Waals surface area contributed by atoms with Crippen molar-refractivity contribution < 1.29 is 9.32 Å². The minimum Gasteiger partial charge on any atom is -0.361 e. The van der Waals surface area contributed by atoms with Gasteiger partial charge in [0.15, 0.2) is 11.5 Å². The number of thiophene rings is 1. The molecule has 0 aliphatic heterocycles. The molecule has 3 heterocycles. The Balaban J connectivity index is 1.38. The van der Waals surface area contributed by atoms with E-state index in [-0.39, 0.29) is 5.91 Å². The van der Waals surface area contributed by atoms with Gasteiger partial charge in [0.1, 0.15) is 0 Å². The Morgan fingerprint density at radius 1 is 1.25 bits per heavy atom. The largest absolute Gasteiger partial charge is 0.361 e. The standard InChI is InChI=1S/C18H15N3O2S/c22-18(15-10-16(23-21-15)17-6-3-9-24-17)19-8-7-12-11-20-14-5-2-1-4-13(12)14/h1-6,9-11,20H,7-8H2,(H,19,22). The number of amides is 1. The predicted octanol–water partition coefficient (Wildman–Crippen LogP) is 3.86. The summed E-state index contributed by atoms with van der Waals surface area (Å²) in [5.41, 5.74) is 2.60. The lowest BCUT2D eigenvalue weighted by Crippen LogP contribution is -2.25. The van der Waals surface area contributed by atoms with Crippen LogP contribution in [0.2, 0.25) is 0 Å². The first kappa shape index (κ1) is 14.7. The predicted molar refractivity (Wildman–Crippen MR) is 94.2 cm³/mol. The summed E-state index contributed by atoms with van der Waals surface area (Å²) in [6.07, 6.45) is 2.74. The second-order valence-corrected chi connectivity index (χ2v) is 6.37. The van der Waals surface area contributed by atoms with Gasteiger partial charge in [-0.05, 0) is 29.5 Å². The molecule has 0 fully saturated rings. The van der Waals surface area contributed by atoms with Gasteiger partial charge in [0, 0.05) is 29.7 Å². The molecular weight excluding hydrogens is 322 g/mol. The minimum absolute atomic E-state index is 0.221. The third-order valence-electron chi connectivity index (χ3n) is 3.86. The van der Waals surface area contributed by atoms with Crippen molar-refractivity contribution in [2.75, 3.05) is 6.54 Å². The molecule has 0 saturated carbocycles. The molecule has 5 nitrogen and oxygen atoms in total. The Morgan fingerprint density at radius 3 is 3.04 bits per heavy atom. The third kappa shape index (κ3) is 2.83. The Bertz CT molecular complexity index is 969. The molecule has 120 valence electrons. The second kappa shape index (κ2) is 6.33. The van der Waals surface area contributed by atoms with Gasteiger partial charge in [-0.1, -0.05) is 29.4 Å². The highest BCUT2D eigenvalue weighted by atomic mass is 32.1. The number of benzene rings is 1. The molecule has 1 aromatic carbocycles. The fraction of sp³-hybridized carbons (Fsp3) is 0.111. The zero-order chi connectivity index (χ0) is 16.4. The highest BCUT2D eigenvalue weighted by Gasteiger charge is 2.14. The molecular formula is C18H15N3O2S. The van der Waals surface area contributed by atoms with Crippen LogP contribution in [0.15, 0.2) is 58.6 Å². The zero-order valence-corrected chi connectivity index (χ0v) is 13.6. The summed E-state index contributed by atoms with van der Waals surface area (Å²) in [6, 6.07) is 13.7. The molecule has 0 radical (unpaired) electrons. The molecule has 3 aromatic heterocycles. The summed E-state index contributed by atoms with van der Waals surface area (Å²) in [5.74, 6) is 0.396. The minimum atomic E-state index is -0.221. The van der Waals surface area contributed by atoms with Crippen molar-refractivity contribution in [1.82, 2.24) is 15.5 Å². The molecule has 0 bridgehead atoms. The summed E-state index contributed by atoms with van der Waals surface area (Å²) in [5, 5.41) is 9.89. The summed E-state index contributed by atoms with van der Waals surface area (Å²) in [6.45, 7) is 0.544. The number of nitrogens with zero attached hydrogens (tertiary/aromatic N) is 1. The molecule has 1 amide bonds. The number of hydrogen-bond acceptors (Lipinski definition) is 4. The van der Waals surface area contributed by atoms with Crippen molar-refractivity contribution in [2.45, 2.75) is 6.42 Å². The van der Waals surface area contributed by atoms with Gasteiger partial charge in [0.05, 0.1) is 4.88 Å². The lowest BCUT2D eigenvalue weighted by Gasteiger charge is -2.02. The van der Waals surface area contributed by atoms with Crippen LogP contribution < -0.4 is 5.32 Å². The number of carbonyl (C=O) groups excluding carboxylic acids is 1. The molecule has 0 saturated heterocycles. The number of para-hydroxylation sites is 1. The first-order valence-electron chi connectivity index (χ1n) is 7.65. The first-order chi connectivity index (χ1) is 11.8. The number of rotatable bonds is 5. The fourth-order valence-corrected chi connectivity index (χ4v) is 3.33. The van der Waals surface area contributed by atoms with Crippen molar-refractivity contribution >= 4 is 28.1 Å². The highest BCUT2D eigenvalue weighted by molar-refractivity contribution is 7.13. The average molecular weight is 337 g/mol. The van der Waals surface area contributed by atoms with Gasteiger partial charge in [-0.2, -0.15) is 0 Å². The van der Waals surface area contributed by atoms with E-state index in [1.807, 2.05) is 41.9 Å². The van der Waals surface area contributed by atoms with Crippen LogP contribution in [0.5, 0.6) is 0 Å². The number of nitrogens with one attached hydrogen (secondary N) is 2. The lowest BCUT2D eigenvalue weighted by molar-refractivity contribution is 0.0945. The smallest absolute Gasteiger partial charge is 0.273 e. The number of hydrogen-bond donors (Lipinski definition) is 2. The number of fused-ring (bicyclic) bond motifs is 1. The van der Waals surface area contributed by atoms with Gasteiger partial charge in [0.2, 0.25) is 0 Å². The Kier molecular flexibility index (Phi) is 3.88. The van der Waals surface area contributed by atoms with Gasteiger partial charge in [0.25, 0.3) is 5.91 Å². The fourth-order valence-electron chi connectivity index (χ4n) is 2.66. The number of aromatic nitrogens is 2. The SMILES string of the molecule is O=C(NCCc1c[nH]c2ccccc12)c1cc(-c2cccs2)on1. The second-order valence-electron chi connectivity index (χ2n) is 5.42. The molecule has 0 unspecified atom stereocenters. The van der Waals surface area contributed by atoms with Crippen LogP contribution >= 0.6 is 11.3 Å². The van der Waals surface area contributed by atoms with Gasteiger partial charge in [-0.3, -0.25) is 4.79 Å². The number of H-pyrrole nitrogens is 1. The van der Waals surface area contributed by atoms with Crippen molar-refractivity contribution in [3.63, 3.8) is 0 Å². The van der Waals surface area contributed by atoms with E-state index in [0.29, 0.717) is 18.0 Å². The van der Waals surface area contributed by atoms with Crippen LogP contribution in [0.1, 0.15) is 16.1 Å². The summed E-state index contributed by atoms with van der Waals surface area (Å²) in [7, 11) is 0. The van der Waals surface area contributed by atoms with Crippen molar-refractivity contribution in [3.8, 4) is 10.6 Å². The van der Waals surface area contributed by atoms with Crippen LogP contribution in [-0.2, 0) is 6.42 Å². The molecule has 0 aliphatic rings. The lowest BCUT2D eigenvalue weighted by atomic mass is 10.1. The van der Waals surface area contributed by atoms with E-state index in [9.17, 15) is 4.79 Å². The summed E-state index contributed by atoms with van der Waals surface area (Å²) < 4.78 is 5.23. The van der Waals surface area contributed by atoms with Gasteiger partial charge >= 0.3 is 0 Å². The van der Waals surface area contributed by atoms with E-state index in [0.717, 1.165) is 16.8 Å². The molecule has 0 aliphatic carbocycles. The quantitative estimate of drug-likeness (QED) is 0.581. The molecule has 24 heavy (non-hydrogen) atoms. The van der Waals surface area contributed by atoms with Crippen molar-refractivity contribution in [1.29, 1.82) is 0 Å². The first-order valence-corrected chi connectivity index (χ1v) is 8.53. The van der Waals surface area contributed by atoms with E-state index < -0.39 is 0 Å². The van der Waals surface area contributed by atoms with E-state index in [4.69, 9.17) is 4.52 Å². The normalized spacial score (nSPS) is 11.0. The van der Waals surface area contributed by atoms with Crippen LogP contribution in [-0.4, -0.2) is 22.6 Å². The number of carbonyl (C=O) groups is 1. The maximum atomic E-state index is 12.2. The third-order valence-corrected chi connectivity index (χ3v) is 4.75. The van der Waals surface area contributed by atoms with E-state index in [1.165, 1.54) is 10.9 Å². The van der Waals surface area contributed by atoms with E-state index >= 15 is 0 Å². The Hall–Kier alpha value is -2.86. The highest BCUT2D eigenvalue weighted by Crippen LogP contribution is 2.25. The van der Waals surface area contributed by atoms with E-state index in [1.54, 1.807) is 17.4 Å². The molecule has 0 spiro atoms. The summed E-state index contributed by atoms with van der Waals surface area (Å²) >= 11 is 1.55. The monoisotopic (exact) mass is 337 g/mol. The topological polar surface area (TPSA) is 70.9 Å². The molecule has 6 heteroatoms. The zero-order valence-electron chi connectivity index (χ0n) is 12.8. The maximum Gasteiger partial charge on any atom is 0.273 e. The molecule has 4 aromatic rings. The van der Waals surface area contributed by atoms with Gasteiger partial charge in [-0.25, -0.2) is 0 Å². The van der Waals surface area contributed by atoms with Crippen LogP contribution in [0, 0.1) is 0 Å². The van der Waals surface area contributed by atoms with Gasteiger partial charge < -0.3 is 14.8 Å². The van der Waals surface area contributed by atoms with Crippen molar-refractivity contribution in [2.24, 2.45) is 0 Å².